The van der Waals surface area contributed by atoms with E-state index < -0.39 is 0 Å². The van der Waals surface area contributed by atoms with Gasteiger partial charge >= 0.3 is 0 Å². The molecule has 0 aliphatic rings. The standard InChI is InChI=1S/C11H19N3O/c1-5-9-8(3)13-10(7-15-4)14-11(9)12-6-2/h5-7H2,1-4H3,(H,12,13,14). The van der Waals surface area contributed by atoms with Crippen molar-refractivity contribution in [3.8, 4) is 0 Å². The number of aryl methyl sites for hydroxylation is 1. The van der Waals surface area contributed by atoms with Crippen LogP contribution in [0.1, 0.15) is 30.9 Å². The van der Waals surface area contributed by atoms with E-state index in [0.29, 0.717) is 6.61 Å². The molecule has 0 saturated carbocycles. The quantitative estimate of drug-likeness (QED) is 0.805. The molecule has 1 heterocycles. The number of rotatable bonds is 5. The zero-order valence-corrected chi connectivity index (χ0v) is 9.92. The molecule has 0 radical (unpaired) electrons. The van der Waals surface area contributed by atoms with Crippen LogP contribution >= 0.6 is 0 Å². The van der Waals surface area contributed by atoms with Gasteiger partial charge in [-0.1, -0.05) is 6.92 Å². The third kappa shape index (κ3) is 2.89. The molecule has 4 nitrogen and oxygen atoms in total. The monoisotopic (exact) mass is 209 g/mol. The Bertz CT molecular complexity index is 326. The van der Waals surface area contributed by atoms with E-state index in [1.165, 1.54) is 5.56 Å². The van der Waals surface area contributed by atoms with Gasteiger partial charge in [0.2, 0.25) is 0 Å². The summed E-state index contributed by atoms with van der Waals surface area (Å²) in [6, 6.07) is 0. The molecule has 0 unspecified atom stereocenters. The Morgan fingerprint density at radius 3 is 2.53 bits per heavy atom. The molecule has 0 saturated heterocycles. The van der Waals surface area contributed by atoms with Gasteiger partial charge in [0.15, 0.2) is 5.82 Å². The minimum atomic E-state index is 0.462. The molecule has 1 aromatic heterocycles. The summed E-state index contributed by atoms with van der Waals surface area (Å²) in [5.41, 5.74) is 2.23. The summed E-state index contributed by atoms with van der Waals surface area (Å²) in [7, 11) is 1.65. The van der Waals surface area contributed by atoms with Gasteiger partial charge < -0.3 is 10.1 Å². The van der Waals surface area contributed by atoms with Crippen molar-refractivity contribution in [3.05, 3.63) is 17.1 Å². The van der Waals surface area contributed by atoms with E-state index in [1.54, 1.807) is 7.11 Å². The predicted molar refractivity (Wildman–Crippen MR) is 61.0 cm³/mol. The molecule has 0 bridgehead atoms. The van der Waals surface area contributed by atoms with Crippen LogP contribution in [0.2, 0.25) is 0 Å². The lowest BCUT2D eigenvalue weighted by Crippen LogP contribution is -2.10. The first kappa shape index (κ1) is 11.9. The maximum Gasteiger partial charge on any atom is 0.156 e. The molecule has 15 heavy (non-hydrogen) atoms. The number of nitrogens with zero attached hydrogens (tertiary/aromatic N) is 2. The fraction of sp³-hybridized carbons (Fsp3) is 0.636. The number of methoxy groups -OCH3 is 1. The molecule has 1 aromatic rings. The molecular weight excluding hydrogens is 190 g/mol. The van der Waals surface area contributed by atoms with Crippen LogP contribution in [0, 0.1) is 6.92 Å². The molecule has 0 fully saturated rings. The van der Waals surface area contributed by atoms with E-state index >= 15 is 0 Å². The van der Waals surface area contributed by atoms with Crippen molar-refractivity contribution in [2.75, 3.05) is 19.0 Å². The average molecular weight is 209 g/mol. The van der Waals surface area contributed by atoms with Gasteiger partial charge in [-0.15, -0.1) is 0 Å². The Kier molecular flexibility index (Phi) is 4.49. The second-order valence-electron chi connectivity index (χ2n) is 3.37. The summed E-state index contributed by atoms with van der Waals surface area (Å²) in [6.45, 7) is 7.52. The van der Waals surface area contributed by atoms with Crippen molar-refractivity contribution in [2.45, 2.75) is 33.8 Å². The van der Waals surface area contributed by atoms with E-state index in [4.69, 9.17) is 4.74 Å². The second kappa shape index (κ2) is 5.66. The topological polar surface area (TPSA) is 47.0 Å². The minimum Gasteiger partial charge on any atom is -0.377 e. The Morgan fingerprint density at radius 2 is 2.00 bits per heavy atom. The number of anilines is 1. The van der Waals surface area contributed by atoms with Crippen molar-refractivity contribution in [1.29, 1.82) is 0 Å². The maximum absolute atomic E-state index is 5.04. The number of hydrogen-bond acceptors (Lipinski definition) is 4. The summed E-state index contributed by atoms with van der Waals surface area (Å²) in [6.07, 6.45) is 0.946. The van der Waals surface area contributed by atoms with E-state index in [1.807, 2.05) is 6.92 Å². The van der Waals surface area contributed by atoms with Crippen LogP contribution in [-0.2, 0) is 17.8 Å². The molecule has 0 atom stereocenters. The summed E-state index contributed by atoms with van der Waals surface area (Å²) in [5, 5.41) is 3.26. The largest absolute Gasteiger partial charge is 0.377 e. The third-order valence-electron chi connectivity index (χ3n) is 2.23. The van der Waals surface area contributed by atoms with Crippen LogP contribution in [0.25, 0.3) is 0 Å². The molecule has 0 spiro atoms. The predicted octanol–water partition coefficient (Wildman–Crippen LogP) is 1.93. The smallest absolute Gasteiger partial charge is 0.156 e. The second-order valence-corrected chi connectivity index (χ2v) is 3.37. The van der Waals surface area contributed by atoms with Gasteiger partial charge in [0.25, 0.3) is 0 Å². The third-order valence-corrected chi connectivity index (χ3v) is 2.23. The highest BCUT2D eigenvalue weighted by Gasteiger charge is 2.08. The molecule has 0 aliphatic heterocycles. The fourth-order valence-electron chi connectivity index (χ4n) is 1.58. The van der Waals surface area contributed by atoms with Crippen molar-refractivity contribution < 1.29 is 4.74 Å². The summed E-state index contributed by atoms with van der Waals surface area (Å²) >= 11 is 0. The van der Waals surface area contributed by atoms with E-state index in [9.17, 15) is 0 Å². The molecule has 0 aromatic carbocycles. The molecular formula is C11H19N3O. The normalized spacial score (nSPS) is 10.4. The lowest BCUT2D eigenvalue weighted by atomic mass is 10.1. The van der Waals surface area contributed by atoms with E-state index in [0.717, 1.165) is 30.3 Å². The van der Waals surface area contributed by atoms with E-state index in [-0.39, 0.29) is 0 Å². The molecule has 1 rings (SSSR count). The molecule has 4 heteroatoms. The van der Waals surface area contributed by atoms with Crippen LogP contribution in [-0.4, -0.2) is 23.6 Å². The first-order chi connectivity index (χ1) is 7.22. The van der Waals surface area contributed by atoms with Gasteiger partial charge in [-0.3, -0.25) is 0 Å². The SMILES string of the molecule is CCNc1nc(COC)nc(C)c1CC. The van der Waals surface area contributed by atoms with Gasteiger partial charge in [0.1, 0.15) is 12.4 Å². The lowest BCUT2D eigenvalue weighted by molar-refractivity contribution is 0.177. The van der Waals surface area contributed by atoms with Crippen molar-refractivity contribution in [2.24, 2.45) is 0 Å². The number of nitrogens with one attached hydrogen (secondary N) is 1. The number of ether oxygens (including phenoxy) is 1. The summed E-state index contributed by atoms with van der Waals surface area (Å²) in [4.78, 5) is 8.84. The van der Waals surface area contributed by atoms with Gasteiger partial charge in [-0.2, -0.15) is 0 Å². The van der Waals surface area contributed by atoms with Crippen LogP contribution < -0.4 is 5.32 Å². The van der Waals surface area contributed by atoms with Crippen LogP contribution in [0.3, 0.4) is 0 Å². The van der Waals surface area contributed by atoms with E-state index in [2.05, 4.69) is 29.1 Å². The highest BCUT2D eigenvalue weighted by atomic mass is 16.5. The highest BCUT2D eigenvalue weighted by molar-refractivity contribution is 5.46. The Labute approximate surface area is 91.1 Å². The van der Waals surface area contributed by atoms with Crippen molar-refractivity contribution in [1.82, 2.24) is 9.97 Å². The molecule has 0 aliphatic carbocycles. The highest BCUT2D eigenvalue weighted by Crippen LogP contribution is 2.16. The molecule has 1 N–H and O–H groups in total. The maximum atomic E-state index is 5.04. The summed E-state index contributed by atoms with van der Waals surface area (Å²) < 4.78 is 5.04. The van der Waals surface area contributed by atoms with Gasteiger partial charge in [-0.25, -0.2) is 9.97 Å². The zero-order chi connectivity index (χ0) is 11.3. The van der Waals surface area contributed by atoms with Crippen molar-refractivity contribution >= 4 is 5.82 Å². The molecule has 0 amide bonds. The summed E-state index contributed by atoms with van der Waals surface area (Å²) in [5.74, 6) is 1.68. The Balaban J connectivity index is 3.07. The van der Waals surface area contributed by atoms with Gasteiger partial charge in [0.05, 0.1) is 0 Å². The van der Waals surface area contributed by atoms with Crippen LogP contribution in [0.4, 0.5) is 5.82 Å². The zero-order valence-electron chi connectivity index (χ0n) is 9.92. The minimum absolute atomic E-state index is 0.462. The number of hydrogen-bond donors (Lipinski definition) is 1. The first-order valence-electron chi connectivity index (χ1n) is 5.32. The van der Waals surface area contributed by atoms with Crippen LogP contribution in [0.5, 0.6) is 0 Å². The fourth-order valence-corrected chi connectivity index (χ4v) is 1.58. The molecule has 84 valence electrons. The first-order valence-corrected chi connectivity index (χ1v) is 5.32. The Hall–Kier alpha value is -1.16. The average Bonchev–Trinajstić information content (AvgIpc) is 2.18. The van der Waals surface area contributed by atoms with Crippen molar-refractivity contribution in [3.63, 3.8) is 0 Å². The van der Waals surface area contributed by atoms with Gasteiger partial charge in [-0.05, 0) is 20.3 Å². The lowest BCUT2D eigenvalue weighted by Gasteiger charge is -2.12. The number of aromatic nitrogens is 2. The van der Waals surface area contributed by atoms with Gasteiger partial charge in [0, 0.05) is 24.9 Å². The Morgan fingerprint density at radius 1 is 1.27 bits per heavy atom. The van der Waals surface area contributed by atoms with Crippen LogP contribution in [0.15, 0.2) is 0 Å².